The van der Waals surface area contributed by atoms with Crippen LogP contribution < -0.4 is 10.1 Å². The number of ketones is 1. The van der Waals surface area contributed by atoms with Crippen molar-refractivity contribution in [1.82, 2.24) is 10.2 Å². The topological polar surface area (TPSA) is 249 Å². The Kier molecular flexibility index (Phi) is 24.7. The summed E-state index contributed by atoms with van der Waals surface area (Å²) in [7, 11) is 4.13. The maximum atomic E-state index is 16.0. The lowest BCUT2D eigenvalue weighted by Crippen LogP contribution is -2.82. The van der Waals surface area contributed by atoms with E-state index in [2.05, 4.69) is 60.8 Å². The monoisotopic (exact) mass is 1200 g/mol. The first-order valence-corrected chi connectivity index (χ1v) is 29.6. The summed E-state index contributed by atoms with van der Waals surface area (Å²) >= 11 is 0. The Labute approximate surface area is 507 Å². The molecule has 3 fully saturated rings. The van der Waals surface area contributed by atoms with E-state index in [1.165, 1.54) is 53.3 Å². The van der Waals surface area contributed by atoms with Crippen LogP contribution in [0.4, 0.5) is 9.59 Å². The predicted octanol–water partition coefficient (Wildman–Crippen LogP) is 10.6. The lowest BCUT2D eigenvalue weighted by molar-refractivity contribution is -0.345. The fourth-order valence-corrected chi connectivity index (χ4v) is 11.8. The minimum absolute atomic E-state index is 0.0689. The highest BCUT2D eigenvalue weighted by Crippen LogP contribution is 2.64. The fourth-order valence-electron chi connectivity index (χ4n) is 11.8. The number of para-hydroxylation sites is 1. The number of amides is 2. The summed E-state index contributed by atoms with van der Waals surface area (Å²) in [6.45, 7) is 17.2. The van der Waals surface area contributed by atoms with Crippen LogP contribution in [-0.4, -0.2) is 144 Å². The number of carbonyl (C=O) groups excluding carboxylic acids is 7. The van der Waals surface area contributed by atoms with Crippen LogP contribution in [0.3, 0.4) is 0 Å². The average Bonchev–Trinajstić information content (AvgIpc) is 0.675. The second-order valence-electron chi connectivity index (χ2n) is 24.5. The molecule has 5 rings (SSSR count). The number of Topliss-reactive ketones (excluding diaryl/α,β-unsaturated/α-hetero) is 1. The molecule has 4 aliphatic rings. The van der Waals surface area contributed by atoms with E-state index in [0.717, 1.165) is 43.9 Å². The minimum Gasteiger partial charge on any atom is -0.496 e. The smallest absolute Gasteiger partial charge is 0.410 e. The van der Waals surface area contributed by atoms with Gasteiger partial charge in [-0.15, -0.1) is 0 Å². The summed E-state index contributed by atoms with van der Waals surface area (Å²) in [5.74, 6) is -6.41. The molecule has 1 saturated heterocycles. The number of nitrogens with zero attached hydrogens (tertiary/aromatic N) is 1. The molecule has 86 heavy (non-hydrogen) atoms. The lowest BCUT2D eigenvalue weighted by atomic mass is 9.44. The average molecular weight is 1200 g/mol. The largest absolute Gasteiger partial charge is 0.496 e. The maximum Gasteiger partial charge on any atom is 0.410 e. The summed E-state index contributed by atoms with van der Waals surface area (Å²) in [4.78, 5) is 102. The van der Waals surface area contributed by atoms with Gasteiger partial charge in [0.25, 0.3) is 0 Å². The number of methoxy groups -OCH3 is 1. The van der Waals surface area contributed by atoms with Gasteiger partial charge in [-0.3, -0.25) is 14.4 Å². The van der Waals surface area contributed by atoms with E-state index in [4.69, 9.17) is 37.9 Å². The normalized spacial score (nSPS) is 26.9. The number of hydrogen-bond acceptors (Lipinski definition) is 17. The number of hydrogen-bond donors (Lipinski definition) is 3. The molecule has 2 saturated carbocycles. The van der Waals surface area contributed by atoms with Crippen LogP contribution in [-0.2, 0) is 52.3 Å². The number of alkyl carbamates (subject to hydrolysis) is 1. The summed E-state index contributed by atoms with van der Waals surface area (Å²) in [5, 5.41) is 29.2. The molecule has 1 heterocycles. The highest BCUT2D eigenvalue weighted by molar-refractivity contribution is 5.96. The number of rotatable bonds is 25. The van der Waals surface area contributed by atoms with Crippen LogP contribution in [0.2, 0.25) is 0 Å². The zero-order valence-electron chi connectivity index (χ0n) is 52.7. The van der Waals surface area contributed by atoms with E-state index >= 15 is 9.59 Å². The summed E-state index contributed by atoms with van der Waals surface area (Å²) in [6, 6.07) is 4.71. The Morgan fingerprint density at radius 2 is 1.41 bits per heavy atom. The molecule has 0 radical (unpaired) electrons. The van der Waals surface area contributed by atoms with Gasteiger partial charge < -0.3 is 58.3 Å². The Bertz CT molecular complexity index is 2850. The SMILES string of the molecule is CC/C=C\C/C=C\C/C=C\C/C=C\C/C=C\C/C=C\CCC(=O)O[C@@H](C(=O)O[C@H]1C[C@@]2(O)C(OC(=O)c3ccccc3OC)C3[C@](C)(C(=O)[C@H](OC(=O)N(C)C)C(=C1C)C2(C)C)[C@@H](O)C[C@H]1OC[C@@]31OC(C)=O)[C@H](C=C(C)C)NC(=O)OC(C)(C)C. The van der Waals surface area contributed by atoms with Crippen molar-refractivity contribution in [1.29, 1.82) is 0 Å². The molecule has 3 N–H and O–H groups in total. The highest BCUT2D eigenvalue weighted by Gasteiger charge is 2.78. The van der Waals surface area contributed by atoms with Crippen molar-refractivity contribution in [3.05, 3.63) is 126 Å². The number of allylic oxidation sites excluding steroid dienone is 13. The van der Waals surface area contributed by atoms with Crippen LogP contribution in [0.1, 0.15) is 151 Å². The van der Waals surface area contributed by atoms with E-state index in [9.17, 15) is 34.2 Å². The van der Waals surface area contributed by atoms with Gasteiger partial charge in [-0.2, -0.15) is 0 Å². The second kappa shape index (κ2) is 30.5. The van der Waals surface area contributed by atoms with Gasteiger partial charge in [0.15, 0.2) is 17.5 Å². The molecule has 11 atom stereocenters. The van der Waals surface area contributed by atoms with Crippen molar-refractivity contribution < 1.29 is 81.7 Å². The van der Waals surface area contributed by atoms with E-state index in [0.29, 0.717) is 12.0 Å². The first kappa shape index (κ1) is 69.7. The zero-order chi connectivity index (χ0) is 63.8. The third kappa shape index (κ3) is 16.7. The van der Waals surface area contributed by atoms with Gasteiger partial charge in [-0.1, -0.05) is 117 Å². The van der Waals surface area contributed by atoms with Crippen LogP contribution in [0.15, 0.2) is 120 Å². The quantitative estimate of drug-likeness (QED) is 0.0468. The molecule has 19 nitrogen and oxygen atoms in total. The molecule has 2 unspecified atom stereocenters. The molecule has 0 spiro atoms. The van der Waals surface area contributed by atoms with Gasteiger partial charge in [0.05, 0.1) is 37.2 Å². The van der Waals surface area contributed by atoms with Crippen LogP contribution in [0.25, 0.3) is 0 Å². The molecule has 1 aliphatic heterocycles. The van der Waals surface area contributed by atoms with Gasteiger partial charge >= 0.3 is 36.1 Å². The van der Waals surface area contributed by atoms with Crippen molar-refractivity contribution in [3.63, 3.8) is 0 Å². The molecule has 2 amide bonds. The minimum atomic E-state index is -2.52. The Hall–Kier alpha value is -7.09. The number of nitrogens with one attached hydrogen (secondary N) is 1. The van der Waals surface area contributed by atoms with Crippen molar-refractivity contribution in [2.75, 3.05) is 27.8 Å². The van der Waals surface area contributed by atoms with Gasteiger partial charge in [-0.25, -0.2) is 19.2 Å². The zero-order valence-corrected chi connectivity index (χ0v) is 52.7. The first-order valence-electron chi connectivity index (χ1n) is 29.6. The number of ether oxygens (including phenoxy) is 8. The summed E-state index contributed by atoms with van der Waals surface area (Å²) in [5.41, 5.74) is -8.80. The van der Waals surface area contributed by atoms with Crippen LogP contribution in [0, 0.1) is 16.7 Å². The molecule has 3 aliphatic carbocycles. The fraction of sp³-hybridized carbons (Fsp3) is 0.567. The summed E-state index contributed by atoms with van der Waals surface area (Å²) in [6.07, 6.45) is 18.4. The second-order valence-corrected chi connectivity index (χ2v) is 24.5. The molecule has 472 valence electrons. The third-order valence-corrected chi connectivity index (χ3v) is 16.2. The molecular formula is C67H92N2O17. The Morgan fingerprint density at radius 3 is 1.92 bits per heavy atom. The maximum absolute atomic E-state index is 16.0. The molecule has 1 aromatic carbocycles. The van der Waals surface area contributed by atoms with Gasteiger partial charge in [0.1, 0.15) is 40.8 Å². The van der Waals surface area contributed by atoms with E-state index in [-0.39, 0.29) is 48.3 Å². The molecule has 0 aromatic heterocycles. The molecule has 2 bridgehead atoms. The molecule has 19 heteroatoms. The number of carbonyl (C=O) groups is 7. The van der Waals surface area contributed by atoms with E-state index in [1.54, 1.807) is 60.6 Å². The number of aliphatic hydroxyl groups is 2. The first-order chi connectivity index (χ1) is 40.5. The number of aliphatic hydroxyl groups excluding tert-OH is 1. The van der Waals surface area contributed by atoms with Gasteiger partial charge in [0.2, 0.25) is 6.10 Å². The third-order valence-electron chi connectivity index (χ3n) is 16.2. The standard InChI is InChI=1S/C67H92N2O17/c1-15-16-17-18-19-20-21-22-23-24-25-26-27-28-29-30-31-32-33-38-52(72)82-54(47(39-43(2)3)68-61(76)86-63(6,7)8)60(75)81-49-41-67(78)58(84-59(74)46-36-34-35-37-48(46)79-14)56-65(11,50(71)40-51-66(56,42-80-51)85-45(5)70)57(73)55(83-62(77)69(12)13)53(44(49)4)64(67,9)10/h16-17,19-20,22-23,25-26,28-29,31-32,34-37,39,47,49-51,54-56,58,71,78H,15,18,21,24,27,30,33,38,40-42H2,1-14H3,(H,68,76)/b17-16-,20-19-,23-22-,26-25-,29-28-,32-31-/t47-,49-,50-,51+,54+,55+,56?,58?,65+,66-,67+/m0/s1. The van der Waals surface area contributed by atoms with Crippen LogP contribution >= 0.6 is 0 Å². The van der Waals surface area contributed by atoms with E-state index < -0.39 is 124 Å². The van der Waals surface area contributed by atoms with Crippen molar-refractivity contribution >= 4 is 41.8 Å². The predicted molar refractivity (Wildman–Crippen MR) is 323 cm³/mol. The van der Waals surface area contributed by atoms with Gasteiger partial charge in [-0.05, 0) is 117 Å². The number of benzene rings is 1. The Balaban J connectivity index is 1.55. The highest BCUT2D eigenvalue weighted by atomic mass is 16.6. The van der Waals surface area contributed by atoms with Crippen molar-refractivity contribution in [3.8, 4) is 5.75 Å². The summed E-state index contributed by atoms with van der Waals surface area (Å²) < 4.78 is 48.4. The van der Waals surface area contributed by atoms with Crippen LogP contribution in [0.5, 0.6) is 5.75 Å². The van der Waals surface area contributed by atoms with E-state index in [1.807, 2.05) is 24.3 Å². The van der Waals surface area contributed by atoms with Crippen molar-refractivity contribution in [2.24, 2.45) is 16.7 Å². The number of fused-ring (bicyclic) bond motifs is 5. The lowest BCUT2D eigenvalue weighted by Gasteiger charge is -2.67. The number of esters is 4. The van der Waals surface area contributed by atoms with Crippen molar-refractivity contribution in [2.45, 2.75) is 200 Å². The molecule has 1 aromatic rings. The molecular weight excluding hydrogens is 1100 g/mol. The van der Waals surface area contributed by atoms with Gasteiger partial charge in [0, 0.05) is 45.7 Å². The Morgan fingerprint density at radius 1 is 0.837 bits per heavy atom.